The highest BCUT2D eigenvalue weighted by molar-refractivity contribution is 5.76. The van der Waals surface area contributed by atoms with E-state index in [1.165, 1.54) is 6.42 Å². The molecule has 1 N–H and O–H groups in total. The van der Waals surface area contributed by atoms with E-state index in [0.717, 1.165) is 77.5 Å². The lowest BCUT2D eigenvalue weighted by Gasteiger charge is -2.41. The first-order valence-corrected chi connectivity index (χ1v) is 9.06. The van der Waals surface area contributed by atoms with Gasteiger partial charge in [-0.15, -0.1) is 0 Å². The van der Waals surface area contributed by atoms with Crippen LogP contribution in [0.4, 0.5) is 0 Å². The van der Waals surface area contributed by atoms with Crippen molar-refractivity contribution >= 4 is 5.91 Å². The van der Waals surface area contributed by atoms with Crippen molar-refractivity contribution in [1.29, 1.82) is 0 Å². The molecule has 0 saturated carbocycles. The molecule has 2 unspecified atom stereocenters. The number of nitrogens with one attached hydrogen (secondary N) is 1. The van der Waals surface area contributed by atoms with Crippen LogP contribution in [-0.2, 0) is 9.53 Å². The van der Waals surface area contributed by atoms with Gasteiger partial charge in [-0.3, -0.25) is 9.69 Å². The van der Waals surface area contributed by atoms with Crippen molar-refractivity contribution in [2.24, 2.45) is 5.92 Å². The Morgan fingerprint density at radius 3 is 2.73 bits per heavy atom. The van der Waals surface area contributed by atoms with Crippen LogP contribution in [0.3, 0.4) is 0 Å². The number of piperidine rings is 1. The zero-order chi connectivity index (χ0) is 15.4. The first-order chi connectivity index (χ1) is 10.7. The second kappa shape index (κ2) is 7.75. The molecule has 0 aromatic heterocycles. The summed E-state index contributed by atoms with van der Waals surface area (Å²) in [6.07, 6.45) is 5.66. The summed E-state index contributed by atoms with van der Waals surface area (Å²) in [5.41, 5.74) is 0. The van der Waals surface area contributed by atoms with Gasteiger partial charge in [-0.25, -0.2) is 0 Å². The van der Waals surface area contributed by atoms with Gasteiger partial charge in [0.05, 0.1) is 12.7 Å². The first-order valence-electron chi connectivity index (χ1n) is 9.06. The van der Waals surface area contributed by atoms with E-state index in [4.69, 9.17) is 4.74 Å². The van der Waals surface area contributed by atoms with E-state index in [0.29, 0.717) is 18.1 Å². The van der Waals surface area contributed by atoms with Gasteiger partial charge in [0.15, 0.2) is 0 Å². The molecule has 5 heteroatoms. The summed E-state index contributed by atoms with van der Waals surface area (Å²) in [6.45, 7) is 9.23. The maximum Gasteiger partial charge on any atom is 0.222 e. The Morgan fingerprint density at radius 2 is 2.05 bits per heavy atom. The zero-order valence-corrected chi connectivity index (χ0v) is 13.9. The Morgan fingerprint density at radius 1 is 1.23 bits per heavy atom. The maximum atomic E-state index is 12.4. The third-order valence-electron chi connectivity index (χ3n) is 5.53. The van der Waals surface area contributed by atoms with E-state index in [9.17, 15) is 4.79 Å². The zero-order valence-electron chi connectivity index (χ0n) is 13.9. The molecule has 3 rings (SSSR count). The number of amides is 1. The smallest absolute Gasteiger partial charge is 0.222 e. The maximum absolute atomic E-state index is 12.4. The van der Waals surface area contributed by atoms with Gasteiger partial charge in [0.25, 0.3) is 0 Å². The summed E-state index contributed by atoms with van der Waals surface area (Å²) in [5.74, 6) is 1.09. The monoisotopic (exact) mass is 309 g/mol. The van der Waals surface area contributed by atoms with Crippen LogP contribution in [0, 0.1) is 5.92 Å². The largest absolute Gasteiger partial charge is 0.376 e. The highest BCUT2D eigenvalue weighted by Gasteiger charge is 2.29. The summed E-state index contributed by atoms with van der Waals surface area (Å²) >= 11 is 0. The molecule has 0 spiro atoms. The summed E-state index contributed by atoms with van der Waals surface area (Å²) in [6, 6.07) is 0.648. The van der Waals surface area contributed by atoms with Crippen LogP contribution < -0.4 is 5.32 Å². The number of carbonyl (C=O) groups is 1. The Hall–Kier alpha value is -0.650. The van der Waals surface area contributed by atoms with E-state index in [-0.39, 0.29) is 0 Å². The van der Waals surface area contributed by atoms with E-state index in [2.05, 4.69) is 22.0 Å². The number of rotatable bonds is 4. The first kappa shape index (κ1) is 16.2. The van der Waals surface area contributed by atoms with Crippen molar-refractivity contribution in [3.63, 3.8) is 0 Å². The molecule has 0 bridgehead atoms. The summed E-state index contributed by atoms with van der Waals surface area (Å²) in [4.78, 5) is 17.0. The highest BCUT2D eigenvalue weighted by Crippen LogP contribution is 2.21. The lowest BCUT2D eigenvalue weighted by molar-refractivity contribution is -0.133. The molecule has 3 fully saturated rings. The van der Waals surface area contributed by atoms with Gasteiger partial charge in [-0.05, 0) is 51.6 Å². The van der Waals surface area contributed by atoms with Gasteiger partial charge in [-0.1, -0.05) is 0 Å². The van der Waals surface area contributed by atoms with E-state index in [1.807, 2.05) is 0 Å². The van der Waals surface area contributed by atoms with Gasteiger partial charge in [0.1, 0.15) is 0 Å². The lowest BCUT2D eigenvalue weighted by Crippen LogP contribution is -2.51. The number of carbonyl (C=O) groups excluding carboxylic acids is 1. The number of morpholine rings is 1. The summed E-state index contributed by atoms with van der Waals surface area (Å²) in [5, 5.41) is 3.38. The van der Waals surface area contributed by atoms with E-state index < -0.39 is 0 Å². The quantitative estimate of drug-likeness (QED) is 0.844. The molecule has 3 heterocycles. The van der Waals surface area contributed by atoms with Crippen LogP contribution in [0.1, 0.15) is 39.0 Å². The summed E-state index contributed by atoms with van der Waals surface area (Å²) in [7, 11) is 0. The van der Waals surface area contributed by atoms with Gasteiger partial charge < -0.3 is 15.0 Å². The third kappa shape index (κ3) is 4.21. The van der Waals surface area contributed by atoms with Crippen LogP contribution in [-0.4, -0.2) is 73.7 Å². The summed E-state index contributed by atoms with van der Waals surface area (Å²) < 4.78 is 5.63. The molecule has 3 saturated heterocycles. The Bertz CT molecular complexity index is 363. The minimum Gasteiger partial charge on any atom is -0.376 e. The standard InChI is InChI=1S/C17H31N3O2/c1-14-13-20(10-11-22-14)16-5-8-19(9-6-16)17(21)3-2-15-4-7-18-12-15/h14-16,18H,2-13H2,1H3. The van der Waals surface area contributed by atoms with Crippen LogP contribution in [0.2, 0.25) is 0 Å². The lowest BCUT2D eigenvalue weighted by atomic mass is 9.99. The highest BCUT2D eigenvalue weighted by atomic mass is 16.5. The Kier molecular flexibility index (Phi) is 5.71. The topological polar surface area (TPSA) is 44.8 Å². The Labute approximate surface area is 134 Å². The van der Waals surface area contributed by atoms with Crippen LogP contribution in [0.5, 0.6) is 0 Å². The molecule has 5 nitrogen and oxygen atoms in total. The SMILES string of the molecule is CC1CN(C2CCN(C(=O)CCC3CCNC3)CC2)CCO1. The molecule has 22 heavy (non-hydrogen) atoms. The third-order valence-corrected chi connectivity index (χ3v) is 5.53. The molecular weight excluding hydrogens is 278 g/mol. The number of likely N-dealkylation sites (tertiary alicyclic amines) is 1. The number of hydrogen-bond donors (Lipinski definition) is 1. The molecule has 2 atom stereocenters. The molecule has 0 aromatic rings. The van der Waals surface area contributed by atoms with Crippen molar-refractivity contribution in [2.75, 3.05) is 45.9 Å². The minimum absolute atomic E-state index is 0.355. The molecule has 0 aromatic carbocycles. The predicted octanol–water partition coefficient (Wildman–Crippen LogP) is 1.09. The normalized spacial score (nSPS) is 31.6. The van der Waals surface area contributed by atoms with Gasteiger partial charge in [-0.2, -0.15) is 0 Å². The molecule has 126 valence electrons. The van der Waals surface area contributed by atoms with Crippen molar-refractivity contribution in [3.8, 4) is 0 Å². The fourth-order valence-corrected chi connectivity index (χ4v) is 4.10. The van der Waals surface area contributed by atoms with Crippen molar-refractivity contribution in [3.05, 3.63) is 0 Å². The molecule has 3 aliphatic rings. The van der Waals surface area contributed by atoms with E-state index in [1.54, 1.807) is 0 Å². The number of nitrogens with zero attached hydrogens (tertiary/aromatic N) is 2. The molecule has 3 aliphatic heterocycles. The van der Waals surface area contributed by atoms with Crippen LogP contribution in [0.15, 0.2) is 0 Å². The van der Waals surface area contributed by atoms with Crippen molar-refractivity contribution in [1.82, 2.24) is 15.1 Å². The second-order valence-electron chi connectivity index (χ2n) is 7.19. The number of hydrogen-bond acceptors (Lipinski definition) is 4. The minimum atomic E-state index is 0.355. The fraction of sp³-hybridized carbons (Fsp3) is 0.941. The molecule has 1 amide bonds. The van der Waals surface area contributed by atoms with Gasteiger partial charge >= 0.3 is 0 Å². The van der Waals surface area contributed by atoms with Crippen LogP contribution in [0.25, 0.3) is 0 Å². The average molecular weight is 309 g/mol. The van der Waals surface area contributed by atoms with Crippen molar-refractivity contribution in [2.45, 2.75) is 51.2 Å². The van der Waals surface area contributed by atoms with Crippen molar-refractivity contribution < 1.29 is 9.53 Å². The van der Waals surface area contributed by atoms with Gasteiger partial charge in [0, 0.05) is 38.6 Å². The predicted molar refractivity (Wildman–Crippen MR) is 86.8 cm³/mol. The van der Waals surface area contributed by atoms with Crippen LogP contribution >= 0.6 is 0 Å². The Balaban J connectivity index is 1.38. The molecular formula is C17H31N3O2. The van der Waals surface area contributed by atoms with Gasteiger partial charge in [0.2, 0.25) is 5.91 Å². The van der Waals surface area contributed by atoms with E-state index >= 15 is 0 Å². The average Bonchev–Trinajstić information content (AvgIpc) is 3.06. The molecule has 0 radical (unpaired) electrons. The molecule has 0 aliphatic carbocycles. The fourth-order valence-electron chi connectivity index (χ4n) is 4.10. The second-order valence-corrected chi connectivity index (χ2v) is 7.19. The number of ether oxygens (including phenoxy) is 1.